The van der Waals surface area contributed by atoms with E-state index in [9.17, 15) is 9.59 Å². The summed E-state index contributed by atoms with van der Waals surface area (Å²) in [5.41, 5.74) is 8.03. The minimum atomic E-state index is -0.0438. The normalized spacial score (nSPS) is 14.7. The number of hydrogen-bond acceptors (Lipinski definition) is 3. The van der Waals surface area contributed by atoms with Gasteiger partial charge in [-0.1, -0.05) is 0 Å². The highest BCUT2D eigenvalue weighted by Gasteiger charge is 2.20. The third-order valence-electron chi connectivity index (χ3n) is 3.57. The van der Waals surface area contributed by atoms with E-state index in [-0.39, 0.29) is 30.3 Å². The standard InChI is InChI=1S/C14H19N3O2.ClH/c1-9(8-15)17(2)14(19)11-3-5-12-10(7-11)4-6-13(18)16-12;/h3,5,7,9H,4,6,8,15H2,1-2H3,(H,16,18);1H. The number of benzene rings is 1. The summed E-state index contributed by atoms with van der Waals surface area (Å²) in [6, 6.07) is 5.40. The van der Waals surface area contributed by atoms with Crippen LogP contribution in [0.2, 0.25) is 0 Å². The van der Waals surface area contributed by atoms with Gasteiger partial charge in [-0.05, 0) is 37.1 Å². The van der Waals surface area contributed by atoms with Crippen LogP contribution in [0.4, 0.5) is 5.69 Å². The van der Waals surface area contributed by atoms with E-state index < -0.39 is 0 Å². The van der Waals surface area contributed by atoms with Gasteiger partial charge in [0.25, 0.3) is 5.91 Å². The topological polar surface area (TPSA) is 75.4 Å². The molecule has 0 aromatic heterocycles. The second kappa shape index (κ2) is 6.72. The Balaban J connectivity index is 0.00000200. The molecule has 110 valence electrons. The highest BCUT2D eigenvalue weighted by Crippen LogP contribution is 2.24. The third-order valence-corrected chi connectivity index (χ3v) is 3.57. The van der Waals surface area contributed by atoms with Gasteiger partial charge in [0.1, 0.15) is 0 Å². The minimum absolute atomic E-state index is 0. The van der Waals surface area contributed by atoms with Crippen LogP contribution in [-0.2, 0) is 11.2 Å². The summed E-state index contributed by atoms with van der Waals surface area (Å²) >= 11 is 0. The lowest BCUT2D eigenvalue weighted by atomic mass is 10.00. The summed E-state index contributed by atoms with van der Waals surface area (Å²) in [4.78, 5) is 25.2. The molecule has 1 aromatic carbocycles. The van der Waals surface area contributed by atoms with E-state index in [4.69, 9.17) is 5.73 Å². The largest absolute Gasteiger partial charge is 0.338 e. The lowest BCUT2D eigenvalue weighted by Crippen LogP contribution is -2.39. The summed E-state index contributed by atoms with van der Waals surface area (Å²) in [6.45, 7) is 2.35. The maximum absolute atomic E-state index is 12.3. The Morgan fingerprint density at radius 2 is 2.15 bits per heavy atom. The van der Waals surface area contributed by atoms with E-state index in [2.05, 4.69) is 5.32 Å². The molecule has 3 N–H and O–H groups in total. The van der Waals surface area contributed by atoms with E-state index >= 15 is 0 Å². The SMILES string of the molecule is CC(CN)N(C)C(=O)c1ccc2c(c1)CCC(=O)N2.Cl. The number of carbonyl (C=O) groups is 2. The molecule has 1 aliphatic rings. The van der Waals surface area contributed by atoms with Crippen molar-refractivity contribution in [2.45, 2.75) is 25.8 Å². The molecule has 0 saturated carbocycles. The van der Waals surface area contributed by atoms with Crippen molar-refractivity contribution in [2.75, 3.05) is 18.9 Å². The number of carbonyl (C=O) groups excluding carboxylic acids is 2. The molecule has 1 heterocycles. The van der Waals surface area contributed by atoms with Crippen LogP contribution < -0.4 is 11.1 Å². The molecule has 0 aliphatic carbocycles. The molecule has 0 radical (unpaired) electrons. The van der Waals surface area contributed by atoms with E-state index in [0.29, 0.717) is 24.9 Å². The molecule has 6 heteroatoms. The molecule has 2 rings (SSSR count). The molecule has 20 heavy (non-hydrogen) atoms. The summed E-state index contributed by atoms with van der Waals surface area (Å²) in [5, 5.41) is 2.81. The van der Waals surface area contributed by atoms with Gasteiger partial charge in [0.05, 0.1) is 0 Å². The number of aryl methyl sites for hydroxylation is 1. The Bertz CT molecular complexity index is 519. The predicted octanol–water partition coefficient (Wildman–Crippen LogP) is 1.41. The van der Waals surface area contributed by atoms with Crippen LogP contribution in [-0.4, -0.2) is 36.3 Å². The average molecular weight is 298 g/mol. The smallest absolute Gasteiger partial charge is 0.253 e. The van der Waals surface area contributed by atoms with Crippen molar-refractivity contribution in [1.82, 2.24) is 4.90 Å². The molecule has 1 aromatic rings. The van der Waals surface area contributed by atoms with Crippen molar-refractivity contribution in [3.8, 4) is 0 Å². The number of rotatable bonds is 3. The van der Waals surface area contributed by atoms with Gasteiger partial charge < -0.3 is 16.0 Å². The number of amides is 2. The van der Waals surface area contributed by atoms with Gasteiger partial charge in [-0.2, -0.15) is 0 Å². The molecule has 0 fully saturated rings. The molecular formula is C14H20ClN3O2. The first kappa shape index (κ1) is 16.5. The fraction of sp³-hybridized carbons (Fsp3) is 0.429. The predicted molar refractivity (Wildman–Crippen MR) is 81.3 cm³/mol. The summed E-state index contributed by atoms with van der Waals surface area (Å²) in [6.07, 6.45) is 1.15. The van der Waals surface area contributed by atoms with Crippen LogP contribution in [0.1, 0.15) is 29.3 Å². The molecule has 1 unspecified atom stereocenters. The van der Waals surface area contributed by atoms with E-state index in [1.165, 1.54) is 0 Å². The quantitative estimate of drug-likeness (QED) is 0.886. The first-order chi connectivity index (χ1) is 9.02. The van der Waals surface area contributed by atoms with Gasteiger partial charge in [-0.25, -0.2) is 0 Å². The number of likely N-dealkylation sites (N-methyl/N-ethyl adjacent to an activating group) is 1. The Morgan fingerprint density at radius 3 is 2.80 bits per heavy atom. The molecule has 0 saturated heterocycles. The number of nitrogens with two attached hydrogens (primary N) is 1. The summed E-state index contributed by atoms with van der Waals surface area (Å²) < 4.78 is 0. The summed E-state index contributed by atoms with van der Waals surface area (Å²) in [5.74, 6) is -0.0156. The van der Waals surface area contributed by atoms with Crippen molar-refractivity contribution in [1.29, 1.82) is 0 Å². The fourth-order valence-corrected chi connectivity index (χ4v) is 2.08. The third kappa shape index (κ3) is 3.29. The van der Waals surface area contributed by atoms with Crippen molar-refractivity contribution in [2.24, 2.45) is 5.73 Å². The van der Waals surface area contributed by atoms with Crippen LogP contribution in [0, 0.1) is 0 Å². The lowest BCUT2D eigenvalue weighted by molar-refractivity contribution is -0.116. The number of nitrogens with one attached hydrogen (secondary N) is 1. The number of nitrogens with zero attached hydrogens (tertiary/aromatic N) is 1. The van der Waals surface area contributed by atoms with Crippen LogP contribution >= 0.6 is 12.4 Å². The van der Waals surface area contributed by atoms with Crippen LogP contribution in [0.25, 0.3) is 0 Å². The maximum atomic E-state index is 12.3. The van der Waals surface area contributed by atoms with E-state index in [1.807, 2.05) is 13.0 Å². The van der Waals surface area contributed by atoms with Gasteiger partial charge in [-0.3, -0.25) is 9.59 Å². The van der Waals surface area contributed by atoms with Crippen molar-refractivity contribution in [3.63, 3.8) is 0 Å². The average Bonchev–Trinajstić information content (AvgIpc) is 2.44. The van der Waals surface area contributed by atoms with Gasteiger partial charge in [0.2, 0.25) is 5.91 Å². The fourth-order valence-electron chi connectivity index (χ4n) is 2.08. The van der Waals surface area contributed by atoms with Gasteiger partial charge in [0.15, 0.2) is 0 Å². The number of halogens is 1. The van der Waals surface area contributed by atoms with Crippen molar-refractivity contribution in [3.05, 3.63) is 29.3 Å². The number of hydrogen-bond donors (Lipinski definition) is 2. The van der Waals surface area contributed by atoms with Gasteiger partial charge in [-0.15, -0.1) is 12.4 Å². The molecule has 0 spiro atoms. The van der Waals surface area contributed by atoms with Crippen LogP contribution in [0.5, 0.6) is 0 Å². The first-order valence-corrected chi connectivity index (χ1v) is 6.43. The highest BCUT2D eigenvalue weighted by atomic mass is 35.5. The molecule has 1 aliphatic heterocycles. The monoisotopic (exact) mass is 297 g/mol. The van der Waals surface area contributed by atoms with Crippen LogP contribution in [0.15, 0.2) is 18.2 Å². The zero-order valence-electron chi connectivity index (χ0n) is 11.7. The Morgan fingerprint density at radius 1 is 1.45 bits per heavy atom. The number of anilines is 1. The van der Waals surface area contributed by atoms with E-state index in [0.717, 1.165) is 11.3 Å². The minimum Gasteiger partial charge on any atom is -0.338 e. The van der Waals surface area contributed by atoms with Crippen LogP contribution in [0.3, 0.4) is 0 Å². The second-order valence-electron chi connectivity index (χ2n) is 4.92. The first-order valence-electron chi connectivity index (χ1n) is 6.43. The van der Waals surface area contributed by atoms with E-state index in [1.54, 1.807) is 24.1 Å². The molecular weight excluding hydrogens is 278 g/mol. The number of fused-ring (bicyclic) bond motifs is 1. The molecule has 2 amide bonds. The van der Waals surface area contributed by atoms with Crippen molar-refractivity contribution < 1.29 is 9.59 Å². The highest BCUT2D eigenvalue weighted by molar-refractivity contribution is 5.98. The second-order valence-corrected chi connectivity index (χ2v) is 4.92. The van der Waals surface area contributed by atoms with Gasteiger partial charge >= 0.3 is 0 Å². The molecule has 0 bridgehead atoms. The molecule has 1 atom stereocenters. The summed E-state index contributed by atoms with van der Waals surface area (Å²) in [7, 11) is 1.75. The zero-order chi connectivity index (χ0) is 14.0. The molecule has 5 nitrogen and oxygen atoms in total. The Hall–Kier alpha value is -1.59. The zero-order valence-corrected chi connectivity index (χ0v) is 12.5. The Labute approximate surface area is 124 Å². The lowest BCUT2D eigenvalue weighted by Gasteiger charge is -2.24. The maximum Gasteiger partial charge on any atom is 0.253 e. The Kier molecular flexibility index (Phi) is 5.53. The van der Waals surface area contributed by atoms with Crippen molar-refractivity contribution >= 4 is 29.9 Å². The van der Waals surface area contributed by atoms with Gasteiger partial charge in [0, 0.05) is 37.3 Å².